The molecule has 0 aliphatic heterocycles. The SMILES string of the molecule is CCCn1c(NC(=O)c2ccc(F)s2)nc2ccccc21. The topological polar surface area (TPSA) is 46.9 Å². The molecule has 3 aromatic rings. The Morgan fingerprint density at radius 3 is 2.86 bits per heavy atom. The first-order valence-corrected chi connectivity index (χ1v) is 7.52. The number of fused-ring (bicyclic) bond motifs is 1. The molecule has 0 atom stereocenters. The number of nitrogens with zero attached hydrogens (tertiary/aromatic N) is 2. The summed E-state index contributed by atoms with van der Waals surface area (Å²) in [6.07, 6.45) is 0.927. The van der Waals surface area contributed by atoms with E-state index < -0.39 is 0 Å². The lowest BCUT2D eigenvalue weighted by molar-refractivity contribution is 0.102. The number of anilines is 1. The standard InChI is InChI=1S/C15H14FN3OS/c1-2-9-19-11-6-4-3-5-10(11)17-15(19)18-14(20)12-7-8-13(16)21-12/h3-8H,2,9H2,1H3,(H,17,18,20). The highest BCUT2D eigenvalue weighted by Crippen LogP contribution is 2.22. The van der Waals surface area contributed by atoms with Crippen molar-refractivity contribution in [2.75, 3.05) is 5.32 Å². The molecule has 0 fully saturated rings. The van der Waals surface area contributed by atoms with E-state index in [9.17, 15) is 9.18 Å². The van der Waals surface area contributed by atoms with Gasteiger partial charge in [0.05, 0.1) is 15.9 Å². The number of hydrogen-bond acceptors (Lipinski definition) is 3. The lowest BCUT2D eigenvalue weighted by atomic mass is 10.3. The van der Waals surface area contributed by atoms with Crippen molar-refractivity contribution in [2.45, 2.75) is 19.9 Å². The molecule has 2 heterocycles. The Kier molecular flexibility index (Phi) is 3.70. The Bertz CT molecular complexity index is 793. The number of aromatic nitrogens is 2. The van der Waals surface area contributed by atoms with Crippen LogP contribution in [0, 0.1) is 5.13 Å². The van der Waals surface area contributed by atoms with Crippen molar-refractivity contribution in [3.8, 4) is 0 Å². The fraction of sp³-hybridized carbons (Fsp3) is 0.200. The molecule has 4 nitrogen and oxygen atoms in total. The summed E-state index contributed by atoms with van der Waals surface area (Å²) in [6.45, 7) is 2.82. The van der Waals surface area contributed by atoms with Gasteiger partial charge in [0, 0.05) is 6.54 Å². The maximum Gasteiger partial charge on any atom is 0.268 e. The largest absolute Gasteiger partial charge is 0.310 e. The minimum absolute atomic E-state index is 0.336. The van der Waals surface area contributed by atoms with E-state index in [4.69, 9.17) is 0 Å². The molecule has 0 bridgehead atoms. The van der Waals surface area contributed by atoms with Gasteiger partial charge in [-0.05, 0) is 30.7 Å². The molecule has 0 spiro atoms. The van der Waals surface area contributed by atoms with Crippen LogP contribution in [0.3, 0.4) is 0 Å². The number of nitrogens with one attached hydrogen (secondary N) is 1. The smallest absolute Gasteiger partial charge is 0.268 e. The number of carbonyl (C=O) groups excluding carboxylic acids is 1. The van der Waals surface area contributed by atoms with Gasteiger partial charge < -0.3 is 4.57 Å². The second kappa shape index (κ2) is 5.65. The van der Waals surface area contributed by atoms with E-state index in [1.165, 1.54) is 12.1 Å². The average molecular weight is 303 g/mol. The van der Waals surface area contributed by atoms with Crippen LogP contribution in [0.5, 0.6) is 0 Å². The molecule has 1 amide bonds. The Labute approximate surface area is 125 Å². The Morgan fingerprint density at radius 2 is 2.14 bits per heavy atom. The third-order valence-corrected chi connectivity index (χ3v) is 4.00. The zero-order valence-corrected chi connectivity index (χ0v) is 12.3. The second-order valence-electron chi connectivity index (χ2n) is 4.63. The van der Waals surface area contributed by atoms with Crippen LogP contribution in [-0.2, 0) is 6.54 Å². The third kappa shape index (κ3) is 2.67. The van der Waals surface area contributed by atoms with Crippen LogP contribution in [0.2, 0.25) is 0 Å². The quantitative estimate of drug-likeness (QED) is 0.794. The summed E-state index contributed by atoms with van der Waals surface area (Å²) in [5.74, 6) is 0.161. The van der Waals surface area contributed by atoms with Crippen molar-refractivity contribution in [3.05, 3.63) is 46.4 Å². The van der Waals surface area contributed by atoms with Crippen LogP contribution in [0.25, 0.3) is 11.0 Å². The summed E-state index contributed by atoms with van der Waals surface area (Å²) < 4.78 is 15.0. The van der Waals surface area contributed by atoms with Gasteiger partial charge >= 0.3 is 0 Å². The fourth-order valence-electron chi connectivity index (χ4n) is 2.22. The molecular weight excluding hydrogens is 289 g/mol. The van der Waals surface area contributed by atoms with Crippen LogP contribution in [0.4, 0.5) is 10.3 Å². The molecule has 6 heteroatoms. The molecule has 2 aromatic heterocycles. The van der Waals surface area contributed by atoms with Gasteiger partial charge in [-0.1, -0.05) is 19.1 Å². The van der Waals surface area contributed by atoms with E-state index in [1.807, 2.05) is 28.8 Å². The van der Waals surface area contributed by atoms with Crippen molar-refractivity contribution in [1.29, 1.82) is 0 Å². The number of benzene rings is 1. The number of hydrogen-bond donors (Lipinski definition) is 1. The van der Waals surface area contributed by atoms with E-state index in [0.717, 1.165) is 35.3 Å². The lowest BCUT2D eigenvalue weighted by Crippen LogP contribution is -2.15. The van der Waals surface area contributed by atoms with Crippen molar-refractivity contribution < 1.29 is 9.18 Å². The minimum Gasteiger partial charge on any atom is -0.310 e. The van der Waals surface area contributed by atoms with E-state index in [2.05, 4.69) is 17.2 Å². The van der Waals surface area contributed by atoms with Gasteiger partial charge in [-0.25, -0.2) is 4.98 Å². The maximum absolute atomic E-state index is 13.0. The maximum atomic E-state index is 13.0. The highest BCUT2D eigenvalue weighted by molar-refractivity contribution is 7.12. The van der Waals surface area contributed by atoms with Crippen LogP contribution in [0.15, 0.2) is 36.4 Å². The molecule has 0 aliphatic rings. The Morgan fingerprint density at radius 1 is 1.33 bits per heavy atom. The summed E-state index contributed by atoms with van der Waals surface area (Å²) in [4.78, 5) is 16.9. The van der Waals surface area contributed by atoms with E-state index >= 15 is 0 Å². The first-order chi connectivity index (χ1) is 10.2. The van der Waals surface area contributed by atoms with Gasteiger partial charge in [0.15, 0.2) is 5.13 Å². The normalized spacial score (nSPS) is 11.0. The number of para-hydroxylation sites is 2. The number of thiophene rings is 1. The molecule has 108 valence electrons. The highest BCUT2D eigenvalue weighted by Gasteiger charge is 2.15. The van der Waals surface area contributed by atoms with E-state index in [1.54, 1.807) is 0 Å². The van der Waals surface area contributed by atoms with Crippen molar-refractivity contribution in [1.82, 2.24) is 9.55 Å². The number of carbonyl (C=O) groups is 1. The van der Waals surface area contributed by atoms with Crippen LogP contribution in [-0.4, -0.2) is 15.5 Å². The molecule has 0 saturated heterocycles. The summed E-state index contributed by atoms with van der Waals surface area (Å²) in [5.41, 5.74) is 1.81. The van der Waals surface area contributed by atoms with Gasteiger partial charge in [0.2, 0.25) is 5.95 Å². The zero-order chi connectivity index (χ0) is 14.8. The number of rotatable bonds is 4. The van der Waals surface area contributed by atoms with E-state index in [-0.39, 0.29) is 11.0 Å². The van der Waals surface area contributed by atoms with Crippen molar-refractivity contribution in [2.24, 2.45) is 0 Å². The minimum atomic E-state index is -0.373. The predicted octanol–water partition coefficient (Wildman–Crippen LogP) is 3.90. The summed E-state index contributed by atoms with van der Waals surface area (Å²) in [5, 5.41) is 2.40. The number of aryl methyl sites for hydroxylation is 1. The molecule has 1 N–H and O–H groups in total. The zero-order valence-electron chi connectivity index (χ0n) is 11.5. The average Bonchev–Trinajstić information content (AvgIpc) is 3.04. The second-order valence-corrected chi connectivity index (χ2v) is 5.67. The van der Waals surface area contributed by atoms with Gasteiger partial charge in [-0.2, -0.15) is 4.39 Å². The first kappa shape index (κ1) is 13.8. The molecule has 0 radical (unpaired) electrons. The third-order valence-electron chi connectivity index (χ3n) is 3.12. The molecule has 1 aromatic carbocycles. The Hall–Kier alpha value is -2.21. The predicted molar refractivity (Wildman–Crippen MR) is 82.3 cm³/mol. The van der Waals surface area contributed by atoms with Crippen LogP contribution < -0.4 is 5.32 Å². The summed E-state index contributed by atoms with van der Waals surface area (Å²) >= 11 is 0.825. The molecule has 3 rings (SSSR count). The molecule has 0 unspecified atom stereocenters. The van der Waals surface area contributed by atoms with Crippen LogP contribution in [0.1, 0.15) is 23.0 Å². The Balaban J connectivity index is 1.96. The lowest BCUT2D eigenvalue weighted by Gasteiger charge is -2.08. The van der Waals surface area contributed by atoms with Gasteiger partial charge in [0.1, 0.15) is 0 Å². The van der Waals surface area contributed by atoms with Gasteiger partial charge in [-0.15, -0.1) is 11.3 Å². The molecule has 21 heavy (non-hydrogen) atoms. The number of amides is 1. The van der Waals surface area contributed by atoms with Crippen LogP contribution >= 0.6 is 11.3 Å². The fourth-order valence-corrected chi connectivity index (χ4v) is 2.85. The summed E-state index contributed by atoms with van der Waals surface area (Å²) in [6, 6.07) is 10.5. The molecular formula is C15H14FN3OS. The van der Waals surface area contributed by atoms with Crippen molar-refractivity contribution >= 4 is 34.2 Å². The summed E-state index contributed by atoms with van der Waals surface area (Å²) in [7, 11) is 0. The molecule has 0 aliphatic carbocycles. The number of imidazole rings is 1. The number of halogens is 1. The first-order valence-electron chi connectivity index (χ1n) is 6.71. The van der Waals surface area contributed by atoms with E-state index in [0.29, 0.717) is 10.8 Å². The van der Waals surface area contributed by atoms with Gasteiger partial charge in [-0.3, -0.25) is 10.1 Å². The highest BCUT2D eigenvalue weighted by atomic mass is 32.1. The van der Waals surface area contributed by atoms with Crippen molar-refractivity contribution in [3.63, 3.8) is 0 Å². The monoisotopic (exact) mass is 303 g/mol. The molecule has 0 saturated carbocycles. The van der Waals surface area contributed by atoms with Gasteiger partial charge in [0.25, 0.3) is 5.91 Å².